The summed E-state index contributed by atoms with van der Waals surface area (Å²) in [6, 6.07) is 4.78. The monoisotopic (exact) mass is 340 g/mol. The maximum absolute atomic E-state index is 11.8. The smallest absolute Gasteiger partial charge is 0.335 e. The molecule has 19 heavy (non-hydrogen) atoms. The van der Waals surface area contributed by atoms with Crippen LogP contribution in [0.2, 0.25) is 0 Å². The van der Waals surface area contributed by atoms with Gasteiger partial charge in [0, 0.05) is 17.8 Å². The van der Waals surface area contributed by atoms with Crippen molar-refractivity contribution in [1.29, 1.82) is 0 Å². The number of alkyl halides is 1. The normalized spacial score (nSPS) is 19.3. The molecule has 1 atom stereocenters. The minimum atomic E-state index is -0.963. The summed E-state index contributed by atoms with van der Waals surface area (Å²) in [6.07, 6.45) is 0.469. The number of anilines is 1. The van der Waals surface area contributed by atoms with Crippen LogP contribution >= 0.6 is 27.3 Å². The number of benzene rings is 1. The van der Waals surface area contributed by atoms with Gasteiger partial charge in [-0.25, -0.2) is 9.78 Å². The van der Waals surface area contributed by atoms with Crippen LogP contribution in [0.5, 0.6) is 0 Å². The van der Waals surface area contributed by atoms with E-state index in [4.69, 9.17) is 5.11 Å². The van der Waals surface area contributed by atoms with Crippen molar-refractivity contribution in [2.24, 2.45) is 0 Å². The maximum Gasteiger partial charge on any atom is 0.335 e. The molecule has 1 amide bonds. The lowest BCUT2D eigenvalue weighted by Gasteiger charge is -2.10. The fourth-order valence-corrected chi connectivity index (χ4v) is 3.61. The molecule has 1 unspecified atom stereocenters. The van der Waals surface area contributed by atoms with E-state index < -0.39 is 5.97 Å². The first kappa shape index (κ1) is 12.6. The van der Waals surface area contributed by atoms with E-state index in [2.05, 4.69) is 20.9 Å². The molecule has 1 saturated heterocycles. The Balaban J connectivity index is 2.02. The second-order valence-corrected chi connectivity index (χ2v) is 6.59. The van der Waals surface area contributed by atoms with Gasteiger partial charge in [-0.1, -0.05) is 27.3 Å². The standard InChI is InChI=1S/C12H9BrN2O3S/c13-7-4-10(16)15(5-7)12-14-8-2-1-6(11(17)18)3-9(8)19-12/h1-3,7H,4-5H2,(H,17,18). The van der Waals surface area contributed by atoms with Gasteiger partial charge in [0.15, 0.2) is 5.13 Å². The average Bonchev–Trinajstić information content (AvgIpc) is 2.90. The van der Waals surface area contributed by atoms with Crippen LogP contribution in [0.25, 0.3) is 10.2 Å². The SMILES string of the molecule is O=C(O)c1ccc2nc(N3CC(Br)CC3=O)sc2c1. The van der Waals surface area contributed by atoms with Crippen LogP contribution in [0, 0.1) is 0 Å². The zero-order valence-corrected chi connectivity index (χ0v) is 12.1. The minimum Gasteiger partial charge on any atom is -0.478 e. The maximum atomic E-state index is 11.8. The van der Waals surface area contributed by atoms with Gasteiger partial charge in [0.1, 0.15) is 0 Å². The highest BCUT2D eigenvalue weighted by Gasteiger charge is 2.30. The summed E-state index contributed by atoms with van der Waals surface area (Å²) in [6.45, 7) is 0.602. The first-order valence-corrected chi connectivity index (χ1v) is 7.36. The number of carbonyl (C=O) groups is 2. The lowest BCUT2D eigenvalue weighted by molar-refractivity contribution is -0.117. The van der Waals surface area contributed by atoms with Crippen LogP contribution in [-0.2, 0) is 4.79 Å². The number of nitrogens with zero attached hydrogens (tertiary/aromatic N) is 2. The number of carboxylic acids is 1. The predicted octanol–water partition coefficient (Wildman–Crippen LogP) is 2.49. The molecule has 2 heterocycles. The fraction of sp³-hybridized carbons (Fsp3) is 0.250. The number of carbonyl (C=O) groups excluding carboxylic acids is 1. The molecule has 0 radical (unpaired) electrons. The first-order valence-electron chi connectivity index (χ1n) is 5.63. The quantitative estimate of drug-likeness (QED) is 0.852. The van der Waals surface area contributed by atoms with Gasteiger partial charge in [0.05, 0.1) is 15.8 Å². The van der Waals surface area contributed by atoms with Crippen LogP contribution in [0.3, 0.4) is 0 Å². The van der Waals surface area contributed by atoms with E-state index in [0.717, 1.165) is 10.2 Å². The Bertz CT molecular complexity index is 685. The summed E-state index contributed by atoms with van der Waals surface area (Å²) in [5, 5.41) is 9.58. The van der Waals surface area contributed by atoms with Gasteiger partial charge in [-0.05, 0) is 18.2 Å². The van der Waals surface area contributed by atoms with Crippen molar-refractivity contribution in [3.8, 4) is 0 Å². The molecular weight excluding hydrogens is 332 g/mol. The van der Waals surface area contributed by atoms with Crippen LogP contribution in [0.1, 0.15) is 16.8 Å². The molecule has 2 aromatic rings. The Kier molecular flexibility index (Phi) is 3.02. The Morgan fingerprint density at radius 2 is 2.32 bits per heavy atom. The number of thiazole rings is 1. The van der Waals surface area contributed by atoms with E-state index in [9.17, 15) is 9.59 Å². The zero-order valence-electron chi connectivity index (χ0n) is 9.67. The molecule has 0 spiro atoms. The average molecular weight is 341 g/mol. The summed E-state index contributed by atoms with van der Waals surface area (Å²) in [5.41, 5.74) is 0.949. The Hall–Kier alpha value is -1.47. The number of rotatable bonds is 2. The number of halogens is 1. The second kappa shape index (κ2) is 4.57. The van der Waals surface area contributed by atoms with Crippen LogP contribution < -0.4 is 4.90 Å². The number of amides is 1. The molecule has 0 bridgehead atoms. The summed E-state index contributed by atoms with van der Waals surface area (Å²) in [7, 11) is 0. The van der Waals surface area contributed by atoms with Crippen LogP contribution in [0.15, 0.2) is 18.2 Å². The van der Waals surface area contributed by atoms with Gasteiger partial charge in [-0.15, -0.1) is 0 Å². The molecule has 3 rings (SSSR count). The van der Waals surface area contributed by atoms with Crippen LogP contribution in [0.4, 0.5) is 5.13 Å². The Labute approximate surface area is 121 Å². The lowest BCUT2D eigenvalue weighted by Crippen LogP contribution is -2.24. The van der Waals surface area contributed by atoms with Gasteiger partial charge >= 0.3 is 5.97 Å². The summed E-state index contributed by atoms with van der Waals surface area (Å²) >= 11 is 4.77. The number of hydrogen-bond donors (Lipinski definition) is 1. The summed E-state index contributed by atoms with van der Waals surface area (Å²) in [4.78, 5) is 28.9. The summed E-state index contributed by atoms with van der Waals surface area (Å²) in [5.74, 6) is -0.922. The zero-order chi connectivity index (χ0) is 13.6. The van der Waals surface area contributed by atoms with E-state index in [1.165, 1.54) is 17.4 Å². The van der Waals surface area contributed by atoms with Crippen molar-refractivity contribution in [1.82, 2.24) is 4.98 Å². The molecule has 1 N–H and O–H groups in total. The van der Waals surface area contributed by atoms with Gasteiger partial charge in [0.2, 0.25) is 5.91 Å². The van der Waals surface area contributed by atoms with Crippen molar-refractivity contribution in [3.63, 3.8) is 0 Å². The predicted molar refractivity (Wildman–Crippen MR) is 76.3 cm³/mol. The van der Waals surface area contributed by atoms with E-state index in [-0.39, 0.29) is 16.3 Å². The number of aromatic carboxylic acids is 1. The summed E-state index contributed by atoms with van der Waals surface area (Å²) < 4.78 is 0.778. The number of aromatic nitrogens is 1. The third-order valence-electron chi connectivity index (χ3n) is 2.93. The molecule has 1 aliphatic heterocycles. The molecular formula is C12H9BrN2O3S. The topological polar surface area (TPSA) is 70.5 Å². The third-order valence-corrected chi connectivity index (χ3v) is 4.59. The number of carboxylic acid groups (broad SMARTS) is 1. The molecule has 98 valence electrons. The van der Waals surface area contributed by atoms with Gasteiger partial charge in [0.25, 0.3) is 0 Å². The largest absolute Gasteiger partial charge is 0.478 e. The Morgan fingerprint density at radius 3 is 2.95 bits per heavy atom. The Morgan fingerprint density at radius 1 is 1.53 bits per heavy atom. The van der Waals surface area contributed by atoms with Crippen molar-refractivity contribution in [2.75, 3.05) is 11.4 Å². The molecule has 5 nitrogen and oxygen atoms in total. The number of fused-ring (bicyclic) bond motifs is 1. The lowest BCUT2D eigenvalue weighted by atomic mass is 10.2. The van der Waals surface area contributed by atoms with Crippen molar-refractivity contribution in [2.45, 2.75) is 11.2 Å². The fourth-order valence-electron chi connectivity index (χ4n) is 2.01. The molecule has 1 fully saturated rings. The molecule has 7 heteroatoms. The highest BCUT2D eigenvalue weighted by Crippen LogP contribution is 2.33. The highest BCUT2D eigenvalue weighted by atomic mass is 79.9. The molecule has 1 aromatic heterocycles. The molecule has 1 aromatic carbocycles. The van der Waals surface area contributed by atoms with E-state index in [1.54, 1.807) is 17.0 Å². The van der Waals surface area contributed by atoms with E-state index in [1.807, 2.05) is 0 Å². The van der Waals surface area contributed by atoms with E-state index >= 15 is 0 Å². The third kappa shape index (κ3) is 2.23. The van der Waals surface area contributed by atoms with E-state index in [0.29, 0.717) is 18.1 Å². The minimum absolute atomic E-state index is 0.0411. The molecule has 0 aliphatic carbocycles. The van der Waals surface area contributed by atoms with Crippen molar-refractivity contribution >= 4 is 54.5 Å². The first-order chi connectivity index (χ1) is 9.04. The highest BCUT2D eigenvalue weighted by molar-refractivity contribution is 9.09. The molecule has 0 saturated carbocycles. The van der Waals surface area contributed by atoms with Crippen LogP contribution in [-0.4, -0.2) is 33.3 Å². The van der Waals surface area contributed by atoms with Crippen molar-refractivity contribution in [3.05, 3.63) is 23.8 Å². The van der Waals surface area contributed by atoms with Crippen molar-refractivity contribution < 1.29 is 14.7 Å². The molecule has 1 aliphatic rings. The second-order valence-electron chi connectivity index (χ2n) is 4.29. The van der Waals surface area contributed by atoms with Gasteiger partial charge < -0.3 is 5.11 Å². The van der Waals surface area contributed by atoms with Gasteiger partial charge in [-0.3, -0.25) is 9.69 Å². The van der Waals surface area contributed by atoms with Gasteiger partial charge in [-0.2, -0.15) is 0 Å². The number of hydrogen-bond acceptors (Lipinski definition) is 4.